The van der Waals surface area contributed by atoms with E-state index in [0.29, 0.717) is 18.4 Å². The molecule has 0 aliphatic heterocycles. The second-order valence-electron chi connectivity index (χ2n) is 4.89. The van der Waals surface area contributed by atoms with Crippen molar-refractivity contribution in [2.75, 3.05) is 6.54 Å². The molecule has 1 aromatic carbocycles. The van der Waals surface area contributed by atoms with E-state index in [2.05, 4.69) is 10.3 Å². The largest absolute Gasteiger partial charge is 0.388 e. The first-order valence-corrected chi connectivity index (χ1v) is 6.65. The Hall–Kier alpha value is -1.81. The molecular formula is C15H20N2O2. The van der Waals surface area contributed by atoms with Gasteiger partial charge >= 0.3 is 0 Å². The number of rotatable bonds is 5. The minimum atomic E-state index is -0.813. The fraction of sp³-hybridized carbons (Fsp3) is 0.400. The van der Waals surface area contributed by atoms with Gasteiger partial charge in [-0.25, -0.2) is 0 Å². The molecule has 2 aromatic rings. The third-order valence-electron chi connectivity index (χ3n) is 3.71. The number of amides is 1. The monoisotopic (exact) mass is 260 g/mol. The van der Waals surface area contributed by atoms with Gasteiger partial charge in [-0.15, -0.1) is 0 Å². The summed E-state index contributed by atoms with van der Waals surface area (Å²) in [6, 6.07) is 7.49. The SMILES string of the molecule is CCC(O)(CC)CNC(=O)c1ccc2cc[nH]c2c1. The second kappa shape index (κ2) is 5.45. The van der Waals surface area contributed by atoms with Gasteiger partial charge in [0, 0.05) is 23.8 Å². The maximum Gasteiger partial charge on any atom is 0.251 e. The average molecular weight is 260 g/mol. The predicted octanol–water partition coefficient (Wildman–Crippen LogP) is 2.45. The number of hydrogen-bond acceptors (Lipinski definition) is 2. The highest BCUT2D eigenvalue weighted by Gasteiger charge is 2.23. The number of aromatic amines is 1. The van der Waals surface area contributed by atoms with Crippen LogP contribution in [0.25, 0.3) is 10.9 Å². The van der Waals surface area contributed by atoms with E-state index in [1.54, 1.807) is 6.07 Å². The third-order valence-corrected chi connectivity index (χ3v) is 3.71. The Balaban J connectivity index is 2.07. The summed E-state index contributed by atoms with van der Waals surface area (Å²) >= 11 is 0. The Bertz CT molecular complexity index is 570. The summed E-state index contributed by atoms with van der Waals surface area (Å²) in [5.74, 6) is -0.156. The molecule has 4 heteroatoms. The summed E-state index contributed by atoms with van der Waals surface area (Å²) in [6.07, 6.45) is 3.10. The number of carbonyl (C=O) groups is 1. The molecule has 1 aromatic heterocycles. The Kier molecular flexibility index (Phi) is 3.90. The van der Waals surface area contributed by atoms with Crippen LogP contribution in [0.4, 0.5) is 0 Å². The number of H-pyrrole nitrogens is 1. The molecule has 0 bridgehead atoms. The highest BCUT2D eigenvalue weighted by Crippen LogP contribution is 2.15. The molecule has 3 N–H and O–H groups in total. The van der Waals surface area contributed by atoms with Gasteiger partial charge in [-0.2, -0.15) is 0 Å². The van der Waals surface area contributed by atoms with E-state index in [1.165, 1.54) is 0 Å². The number of aliphatic hydroxyl groups is 1. The molecule has 0 unspecified atom stereocenters. The minimum absolute atomic E-state index is 0.156. The molecule has 0 saturated carbocycles. The molecule has 1 heterocycles. The number of nitrogens with one attached hydrogen (secondary N) is 2. The number of fused-ring (bicyclic) bond motifs is 1. The summed E-state index contributed by atoms with van der Waals surface area (Å²) < 4.78 is 0. The summed E-state index contributed by atoms with van der Waals surface area (Å²) in [7, 11) is 0. The van der Waals surface area contributed by atoms with Gasteiger partial charge in [0.2, 0.25) is 0 Å². The van der Waals surface area contributed by atoms with Crippen LogP contribution in [-0.2, 0) is 0 Å². The van der Waals surface area contributed by atoms with E-state index in [4.69, 9.17) is 0 Å². The van der Waals surface area contributed by atoms with E-state index in [1.807, 2.05) is 38.2 Å². The van der Waals surface area contributed by atoms with Gasteiger partial charge in [-0.1, -0.05) is 19.9 Å². The quantitative estimate of drug-likeness (QED) is 0.773. The van der Waals surface area contributed by atoms with Crippen LogP contribution in [0, 0.1) is 0 Å². The normalized spacial score (nSPS) is 11.7. The molecule has 0 aliphatic carbocycles. The molecule has 0 aliphatic rings. The lowest BCUT2D eigenvalue weighted by Gasteiger charge is -2.25. The van der Waals surface area contributed by atoms with E-state index < -0.39 is 5.60 Å². The van der Waals surface area contributed by atoms with Gasteiger partial charge in [0.15, 0.2) is 0 Å². The van der Waals surface area contributed by atoms with Gasteiger partial charge in [-0.05, 0) is 36.4 Å². The molecule has 102 valence electrons. The lowest BCUT2D eigenvalue weighted by Crippen LogP contribution is -2.42. The van der Waals surface area contributed by atoms with Gasteiger partial charge < -0.3 is 15.4 Å². The van der Waals surface area contributed by atoms with Crippen molar-refractivity contribution in [3.63, 3.8) is 0 Å². The fourth-order valence-corrected chi connectivity index (χ4v) is 2.04. The smallest absolute Gasteiger partial charge is 0.251 e. The van der Waals surface area contributed by atoms with Crippen molar-refractivity contribution in [2.45, 2.75) is 32.3 Å². The number of carbonyl (C=O) groups excluding carboxylic acids is 1. The van der Waals surface area contributed by atoms with Crippen LogP contribution in [0.2, 0.25) is 0 Å². The maximum absolute atomic E-state index is 12.1. The Morgan fingerprint density at radius 2 is 2.05 bits per heavy atom. The van der Waals surface area contributed by atoms with E-state index in [-0.39, 0.29) is 12.5 Å². The lowest BCUT2D eigenvalue weighted by molar-refractivity contribution is 0.0314. The average Bonchev–Trinajstić information content (AvgIpc) is 2.91. The molecule has 1 amide bonds. The van der Waals surface area contributed by atoms with E-state index in [9.17, 15) is 9.90 Å². The number of aromatic nitrogens is 1. The van der Waals surface area contributed by atoms with Crippen molar-refractivity contribution < 1.29 is 9.90 Å². The molecule has 0 radical (unpaired) electrons. The summed E-state index contributed by atoms with van der Waals surface area (Å²) in [5, 5.41) is 14.0. The number of hydrogen-bond donors (Lipinski definition) is 3. The maximum atomic E-state index is 12.1. The van der Waals surface area contributed by atoms with Crippen LogP contribution >= 0.6 is 0 Å². The van der Waals surface area contributed by atoms with Crippen LogP contribution in [0.5, 0.6) is 0 Å². The lowest BCUT2D eigenvalue weighted by atomic mass is 9.97. The van der Waals surface area contributed by atoms with Gasteiger partial charge in [0.25, 0.3) is 5.91 Å². The predicted molar refractivity (Wildman–Crippen MR) is 76.2 cm³/mol. The molecule has 0 fully saturated rings. The van der Waals surface area contributed by atoms with Crippen molar-refractivity contribution in [3.8, 4) is 0 Å². The van der Waals surface area contributed by atoms with Crippen LogP contribution in [0.15, 0.2) is 30.5 Å². The van der Waals surface area contributed by atoms with Crippen molar-refractivity contribution in [1.29, 1.82) is 0 Å². The fourth-order valence-electron chi connectivity index (χ4n) is 2.04. The number of benzene rings is 1. The molecule has 19 heavy (non-hydrogen) atoms. The molecular weight excluding hydrogens is 240 g/mol. The topological polar surface area (TPSA) is 65.1 Å². The summed E-state index contributed by atoms with van der Waals surface area (Å²) in [6.45, 7) is 4.11. The minimum Gasteiger partial charge on any atom is -0.388 e. The standard InChI is InChI=1S/C15H20N2O2/c1-3-15(19,4-2)10-17-14(18)12-6-5-11-7-8-16-13(11)9-12/h5-9,16,19H,3-4,10H2,1-2H3,(H,17,18). The van der Waals surface area contributed by atoms with Crippen LogP contribution in [0.3, 0.4) is 0 Å². The molecule has 0 saturated heterocycles. The highest BCUT2D eigenvalue weighted by atomic mass is 16.3. The van der Waals surface area contributed by atoms with Crippen molar-refractivity contribution in [1.82, 2.24) is 10.3 Å². The van der Waals surface area contributed by atoms with Crippen LogP contribution < -0.4 is 5.32 Å². The van der Waals surface area contributed by atoms with E-state index >= 15 is 0 Å². The molecule has 0 spiro atoms. The summed E-state index contributed by atoms with van der Waals surface area (Å²) in [4.78, 5) is 15.1. The first-order valence-electron chi connectivity index (χ1n) is 6.65. The summed E-state index contributed by atoms with van der Waals surface area (Å²) in [5.41, 5.74) is 0.727. The zero-order valence-electron chi connectivity index (χ0n) is 11.4. The van der Waals surface area contributed by atoms with Crippen LogP contribution in [-0.4, -0.2) is 28.1 Å². The van der Waals surface area contributed by atoms with E-state index in [0.717, 1.165) is 10.9 Å². The second-order valence-corrected chi connectivity index (χ2v) is 4.89. The Morgan fingerprint density at radius 1 is 1.32 bits per heavy atom. The zero-order valence-corrected chi connectivity index (χ0v) is 11.4. The van der Waals surface area contributed by atoms with Crippen molar-refractivity contribution in [3.05, 3.63) is 36.0 Å². The molecule has 0 atom stereocenters. The highest BCUT2D eigenvalue weighted by molar-refractivity contribution is 5.97. The first-order chi connectivity index (χ1) is 9.08. The molecule has 2 rings (SSSR count). The Labute approximate surface area is 112 Å². The molecule has 4 nitrogen and oxygen atoms in total. The van der Waals surface area contributed by atoms with Gasteiger partial charge in [-0.3, -0.25) is 4.79 Å². The van der Waals surface area contributed by atoms with Gasteiger partial charge in [0.05, 0.1) is 5.60 Å². The van der Waals surface area contributed by atoms with Crippen LogP contribution in [0.1, 0.15) is 37.0 Å². The third kappa shape index (κ3) is 2.96. The first kappa shape index (κ1) is 13.6. The Morgan fingerprint density at radius 3 is 2.74 bits per heavy atom. The van der Waals surface area contributed by atoms with Gasteiger partial charge in [0.1, 0.15) is 0 Å². The zero-order chi connectivity index (χ0) is 13.9. The van der Waals surface area contributed by atoms with Crippen molar-refractivity contribution >= 4 is 16.8 Å². The van der Waals surface area contributed by atoms with Crippen molar-refractivity contribution in [2.24, 2.45) is 0 Å².